The van der Waals surface area contributed by atoms with Crippen molar-refractivity contribution in [2.24, 2.45) is 0 Å². The molecule has 0 radical (unpaired) electrons. The predicted octanol–water partition coefficient (Wildman–Crippen LogP) is 2.90. The zero-order chi connectivity index (χ0) is 17.5. The van der Waals surface area contributed by atoms with Crippen molar-refractivity contribution in [3.63, 3.8) is 0 Å². The van der Waals surface area contributed by atoms with Crippen LogP contribution in [0.1, 0.15) is 29.8 Å². The summed E-state index contributed by atoms with van der Waals surface area (Å²) in [6, 6.07) is 14.9. The largest absolute Gasteiger partial charge is 0.491 e. The van der Waals surface area contributed by atoms with Gasteiger partial charge in [-0.2, -0.15) is 0 Å². The first-order chi connectivity index (χ1) is 11.5. The van der Waals surface area contributed by atoms with Crippen LogP contribution in [0.25, 0.3) is 0 Å². The van der Waals surface area contributed by atoms with Crippen LogP contribution in [0.4, 0.5) is 0 Å². The van der Waals surface area contributed by atoms with E-state index in [0.717, 1.165) is 5.56 Å². The van der Waals surface area contributed by atoms with Gasteiger partial charge < -0.3 is 15.2 Å². The van der Waals surface area contributed by atoms with E-state index in [1.165, 1.54) is 0 Å². The topological polar surface area (TPSA) is 75.6 Å². The van der Waals surface area contributed by atoms with E-state index < -0.39 is 17.9 Å². The molecule has 2 aromatic rings. The highest BCUT2D eigenvalue weighted by Gasteiger charge is 2.21. The van der Waals surface area contributed by atoms with Gasteiger partial charge in [0.25, 0.3) is 5.91 Å². The van der Waals surface area contributed by atoms with Gasteiger partial charge in [0.05, 0.1) is 6.10 Å². The van der Waals surface area contributed by atoms with E-state index in [1.54, 1.807) is 24.3 Å². The van der Waals surface area contributed by atoms with Crippen LogP contribution in [0, 0.1) is 0 Å². The molecule has 24 heavy (non-hydrogen) atoms. The molecule has 2 N–H and O–H groups in total. The number of hydrogen-bond donors (Lipinski definition) is 2. The Hall–Kier alpha value is -2.82. The highest BCUT2D eigenvalue weighted by molar-refractivity contribution is 5.96. The summed E-state index contributed by atoms with van der Waals surface area (Å²) in [5, 5.41) is 11.9. The minimum absolute atomic E-state index is 0.0481. The lowest BCUT2D eigenvalue weighted by Crippen LogP contribution is -2.42. The molecule has 0 heterocycles. The summed E-state index contributed by atoms with van der Waals surface area (Å²) in [6.45, 7) is 3.84. The second-order valence-corrected chi connectivity index (χ2v) is 5.74. The first-order valence-electron chi connectivity index (χ1n) is 7.80. The summed E-state index contributed by atoms with van der Waals surface area (Å²) in [5.74, 6) is -0.818. The maximum absolute atomic E-state index is 12.3. The summed E-state index contributed by atoms with van der Waals surface area (Å²) in [6.07, 6.45) is 0.281. The van der Waals surface area contributed by atoms with Crippen molar-refractivity contribution in [1.29, 1.82) is 0 Å². The molecule has 0 aromatic heterocycles. The maximum atomic E-state index is 12.3. The van der Waals surface area contributed by atoms with Crippen molar-refractivity contribution in [2.45, 2.75) is 32.4 Å². The molecule has 126 valence electrons. The van der Waals surface area contributed by atoms with Crippen LogP contribution in [0.15, 0.2) is 54.6 Å². The molecule has 0 saturated heterocycles. The number of amides is 1. The van der Waals surface area contributed by atoms with E-state index in [0.29, 0.717) is 11.3 Å². The number of carbonyl (C=O) groups is 2. The Morgan fingerprint density at radius 2 is 1.67 bits per heavy atom. The Morgan fingerprint density at radius 3 is 2.21 bits per heavy atom. The van der Waals surface area contributed by atoms with Crippen molar-refractivity contribution in [3.05, 3.63) is 65.7 Å². The van der Waals surface area contributed by atoms with Gasteiger partial charge in [-0.15, -0.1) is 0 Å². The fourth-order valence-electron chi connectivity index (χ4n) is 2.25. The quantitative estimate of drug-likeness (QED) is 0.820. The molecule has 0 aliphatic carbocycles. The second-order valence-electron chi connectivity index (χ2n) is 5.74. The minimum Gasteiger partial charge on any atom is -0.491 e. The van der Waals surface area contributed by atoms with Gasteiger partial charge >= 0.3 is 5.97 Å². The van der Waals surface area contributed by atoms with Crippen molar-refractivity contribution in [1.82, 2.24) is 5.32 Å². The highest BCUT2D eigenvalue weighted by Crippen LogP contribution is 2.14. The van der Waals surface area contributed by atoms with E-state index in [4.69, 9.17) is 4.74 Å². The number of carboxylic acid groups (broad SMARTS) is 1. The first-order valence-corrected chi connectivity index (χ1v) is 7.80. The molecule has 1 unspecified atom stereocenters. The van der Waals surface area contributed by atoms with Crippen molar-refractivity contribution >= 4 is 11.9 Å². The molecule has 0 fully saturated rings. The van der Waals surface area contributed by atoms with Gasteiger partial charge in [0.1, 0.15) is 11.8 Å². The SMILES string of the molecule is CC(C)Oc1ccc(C(=O)NC(Cc2ccccc2)C(=O)O)cc1. The van der Waals surface area contributed by atoms with Crippen LogP contribution in [-0.4, -0.2) is 29.1 Å². The zero-order valence-electron chi connectivity index (χ0n) is 13.7. The van der Waals surface area contributed by atoms with Crippen molar-refractivity contribution in [2.75, 3.05) is 0 Å². The fraction of sp³-hybridized carbons (Fsp3) is 0.263. The molecule has 1 atom stereocenters. The van der Waals surface area contributed by atoms with Crippen LogP contribution < -0.4 is 10.1 Å². The third kappa shape index (κ3) is 5.12. The summed E-state index contributed by atoms with van der Waals surface area (Å²) in [4.78, 5) is 23.7. The molecule has 0 spiro atoms. The minimum atomic E-state index is -1.06. The second kappa shape index (κ2) is 8.15. The molecule has 0 bridgehead atoms. The molecule has 2 aromatic carbocycles. The molecule has 5 heteroatoms. The van der Waals surface area contributed by atoms with Gasteiger partial charge in [-0.05, 0) is 43.7 Å². The van der Waals surface area contributed by atoms with Crippen LogP contribution >= 0.6 is 0 Å². The van der Waals surface area contributed by atoms with Gasteiger partial charge in [-0.1, -0.05) is 30.3 Å². The third-order valence-electron chi connectivity index (χ3n) is 3.37. The van der Waals surface area contributed by atoms with E-state index in [2.05, 4.69) is 5.32 Å². The number of hydrogen-bond acceptors (Lipinski definition) is 3. The monoisotopic (exact) mass is 327 g/mol. The lowest BCUT2D eigenvalue weighted by atomic mass is 10.1. The number of aliphatic carboxylic acids is 1. The van der Waals surface area contributed by atoms with Crippen LogP contribution in [-0.2, 0) is 11.2 Å². The summed E-state index contributed by atoms with van der Waals surface area (Å²) < 4.78 is 5.52. The number of ether oxygens (including phenoxy) is 1. The van der Waals surface area contributed by atoms with Crippen LogP contribution in [0.5, 0.6) is 5.75 Å². The third-order valence-corrected chi connectivity index (χ3v) is 3.37. The molecule has 0 aliphatic rings. The first kappa shape index (κ1) is 17.5. The normalized spacial score (nSPS) is 11.8. The van der Waals surface area contributed by atoms with Crippen molar-refractivity contribution in [3.8, 4) is 5.75 Å². The van der Waals surface area contributed by atoms with Gasteiger partial charge in [0, 0.05) is 12.0 Å². The number of carbonyl (C=O) groups excluding carboxylic acids is 1. The van der Waals surface area contributed by atoms with Crippen molar-refractivity contribution < 1.29 is 19.4 Å². The predicted molar refractivity (Wildman–Crippen MR) is 91.2 cm³/mol. The lowest BCUT2D eigenvalue weighted by molar-refractivity contribution is -0.139. The Bertz CT molecular complexity index is 680. The number of carboxylic acids is 1. The van der Waals surface area contributed by atoms with Crippen LogP contribution in [0.2, 0.25) is 0 Å². The molecule has 1 amide bonds. The van der Waals surface area contributed by atoms with Crippen LogP contribution in [0.3, 0.4) is 0 Å². The zero-order valence-corrected chi connectivity index (χ0v) is 13.7. The molecule has 2 rings (SSSR count). The molecule has 0 saturated carbocycles. The van der Waals surface area contributed by atoms with E-state index in [-0.39, 0.29) is 12.5 Å². The number of benzene rings is 2. The van der Waals surface area contributed by atoms with Gasteiger partial charge in [-0.3, -0.25) is 4.79 Å². The highest BCUT2D eigenvalue weighted by atomic mass is 16.5. The average molecular weight is 327 g/mol. The molecule has 5 nitrogen and oxygen atoms in total. The standard InChI is InChI=1S/C19H21NO4/c1-13(2)24-16-10-8-15(9-11-16)18(21)20-17(19(22)23)12-14-6-4-3-5-7-14/h3-11,13,17H,12H2,1-2H3,(H,20,21)(H,22,23). The number of rotatable bonds is 7. The Labute approximate surface area is 141 Å². The Balaban J connectivity index is 2.03. The molecular formula is C19H21NO4. The summed E-state index contributed by atoms with van der Waals surface area (Å²) in [7, 11) is 0. The maximum Gasteiger partial charge on any atom is 0.326 e. The van der Waals surface area contributed by atoms with E-state index >= 15 is 0 Å². The molecular weight excluding hydrogens is 306 g/mol. The fourth-order valence-corrected chi connectivity index (χ4v) is 2.25. The van der Waals surface area contributed by atoms with Gasteiger partial charge in [0.2, 0.25) is 0 Å². The number of nitrogens with one attached hydrogen (secondary N) is 1. The van der Waals surface area contributed by atoms with Gasteiger partial charge in [-0.25, -0.2) is 4.79 Å². The molecule has 0 aliphatic heterocycles. The van der Waals surface area contributed by atoms with Gasteiger partial charge in [0.15, 0.2) is 0 Å². The summed E-state index contributed by atoms with van der Waals surface area (Å²) in [5.41, 5.74) is 1.25. The Morgan fingerprint density at radius 1 is 1.04 bits per heavy atom. The summed E-state index contributed by atoms with van der Waals surface area (Å²) >= 11 is 0. The lowest BCUT2D eigenvalue weighted by Gasteiger charge is -2.15. The van der Waals surface area contributed by atoms with E-state index in [1.807, 2.05) is 44.2 Å². The van der Waals surface area contributed by atoms with E-state index in [9.17, 15) is 14.7 Å². The smallest absolute Gasteiger partial charge is 0.326 e. The average Bonchev–Trinajstić information content (AvgIpc) is 2.55. The Kier molecular flexibility index (Phi) is 5.95.